The van der Waals surface area contributed by atoms with E-state index in [9.17, 15) is 4.79 Å². The van der Waals surface area contributed by atoms with Crippen molar-refractivity contribution in [3.63, 3.8) is 0 Å². The van der Waals surface area contributed by atoms with Crippen LogP contribution in [0, 0.1) is 0 Å². The number of thioether (sulfide) groups is 1. The molecule has 0 bridgehead atoms. The Labute approximate surface area is 147 Å². The second kappa shape index (κ2) is 6.28. The van der Waals surface area contributed by atoms with Gasteiger partial charge >= 0.3 is 0 Å². The van der Waals surface area contributed by atoms with Crippen LogP contribution in [0.3, 0.4) is 0 Å². The molecule has 1 amide bonds. The molecule has 10 heteroatoms. The summed E-state index contributed by atoms with van der Waals surface area (Å²) < 4.78 is 5.15. The number of amides is 1. The zero-order valence-electron chi connectivity index (χ0n) is 13.3. The maximum atomic E-state index is 12.4. The third-order valence-electron chi connectivity index (χ3n) is 4.16. The van der Waals surface area contributed by atoms with Gasteiger partial charge in [0.05, 0.1) is 53.1 Å². The minimum Gasteiger partial charge on any atom is -0.480 e. The van der Waals surface area contributed by atoms with E-state index in [0.29, 0.717) is 23.6 Å². The zero-order valence-corrected chi connectivity index (χ0v) is 14.1. The average molecular weight is 357 g/mol. The Balaban J connectivity index is 1.62. The van der Waals surface area contributed by atoms with Crippen LogP contribution in [0.25, 0.3) is 0 Å². The van der Waals surface area contributed by atoms with Crippen molar-refractivity contribution in [2.45, 2.75) is 23.8 Å². The van der Waals surface area contributed by atoms with Gasteiger partial charge in [-0.2, -0.15) is 0 Å². The van der Waals surface area contributed by atoms with Gasteiger partial charge in [-0.1, -0.05) is 0 Å². The first-order valence-corrected chi connectivity index (χ1v) is 8.55. The van der Waals surface area contributed by atoms with Crippen molar-refractivity contribution in [2.24, 2.45) is 4.99 Å². The van der Waals surface area contributed by atoms with Crippen molar-refractivity contribution in [2.75, 3.05) is 12.8 Å². The summed E-state index contributed by atoms with van der Waals surface area (Å²) in [5, 5.41) is 2.93. The fraction of sp³-hybridized carbons (Fsp3) is 0.333. The number of anilines is 1. The molecular weight excluding hydrogens is 342 g/mol. The summed E-state index contributed by atoms with van der Waals surface area (Å²) in [5.41, 5.74) is 9.30. The van der Waals surface area contributed by atoms with Crippen molar-refractivity contribution in [1.82, 2.24) is 25.3 Å². The number of nitrogen functional groups attached to an aromatic ring is 1. The SMILES string of the molecule is COc1cncc(C2SC=NC2[C@@H]2Cc3nc(N)ncc3C(=O)N2)n1. The fourth-order valence-corrected chi connectivity index (χ4v) is 3.99. The van der Waals surface area contributed by atoms with Gasteiger partial charge in [0.1, 0.15) is 0 Å². The molecular formula is C15H15N7O2S. The molecule has 128 valence electrons. The number of aliphatic imine (C=N–C) groups is 1. The van der Waals surface area contributed by atoms with E-state index in [2.05, 4.69) is 30.2 Å². The Hall–Kier alpha value is -2.75. The maximum Gasteiger partial charge on any atom is 0.255 e. The highest BCUT2D eigenvalue weighted by atomic mass is 32.2. The molecule has 25 heavy (non-hydrogen) atoms. The number of carbonyl (C=O) groups excluding carboxylic acids is 1. The van der Waals surface area contributed by atoms with E-state index in [-0.39, 0.29) is 29.2 Å². The summed E-state index contributed by atoms with van der Waals surface area (Å²) in [5.74, 6) is 0.392. The molecule has 0 radical (unpaired) electrons. The third kappa shape index (κ3) is 2.88. The van der Waals surface area contributed by atoms with Gasteiger partial charge in [0.25, 0.3) is 5.91 Å². The number of hydrogen-bond donors (Lipinski definition) is 2. The third-order valence-corrected chi connectivity index (χ3v) is 5.21. The normalized spacial score (nSPS) is 24.7. The van der Waals surface area contributed by atoms with Crippen molar-refractivity contribution >= 4 is 29.2 Å². The lowest BCUT2D eigenvalue weighted by Gasteiger charge is -2.30. The van der Waals surface area contributed by atoms with Crippen LogP contribution in [-0.2, 0) is 6.42 Å². The average Bonchev–Trinajstić information content (AvgIpc) is 3.11. The lowest BCUT2D eigenvalue weighted by Crippen LogP contribution is -2.49. The molecule has 4 rings (SSSR count). The summed E-state index contributed by atoms with van der Waals surface area (Å²) in [6.07, 6.45) is 5.24. The lowest BCUT2D eigenvalue weighted by molar-refractivity contribution is 0.0916. The molecule has 3 atom stereocenters. The quantitative estimate of drug-likeness (QED) is 0.807. The highest BCUT2D eigenvalue weighted by molar-refractivity contribution is 8.12. The minimum atomic E-state index is -0.214. The Morgan fingerprint density at radius 3 is 3.04 bits per heavy atom. The van der Waals surface area contributed by atoms with Gasteiger partial charge in [-0.05, 0) is 0 Å². The lowest BCUT2D eigenvalue weighted by atomic mass is 9.93. The molecule has 0 aliphatic carbocycles. The first kappa shape index (κ1) is 15.8. The predicted octanol–water partition coefficient (Wildman–Crippen LogP) is 0.397. The number of hydrogen-bond acceptors (Lipinski definition) is 9. The Bertz CT molecular complexity index is 860. The van der Waals surface area contributed by atoms with E-state index in [1.807, 2.05) is 0 Å². The molecule has 0 saturated carbocycles. The highest BCUT2D eigenvalue weighted by Gasteiger charge is 2.39. The number of rotatable bonds is 3. The van der Waals surface area contributed by atoms with Gasteiger partial charge in [0, 0.05) is 18.8 Å². The second-order valence-electron chi connectivity index (χ2n) is 5.66. The molecule has 2 unspecified atom stereocenters. The first-order chi connectivity index (χ1) is 12.2. The molecule has 4 heterocycles. The van der Waals surface area contributed by atoms with Crippen LogP contribution >= 0.6 is 11.8 Å². The molecule has 9 nitrogen and oxygen atoms in total. The number of nitrogens with two attached hydrogens (primary N) is 1. The van der Waals surface area contributed by atoms with E-state index in [1.54, 1.807) is 36.8 Å². The number of nitrogens with one attached hydrogen (secondary N) is 1. The van der Waals surface area contributed by atoms with Crippen LogP contribution in [-0.4, -0.2) is 50.6 Å². The predicted molar refractivity (Wildman–Crippen MR) is 92.6 cm³/mol. The summed E-state index contributed by atoms with van der Waals surface area (Å²) in [4.78, 5) is 33.6. The highest BCUT2D eigenvalue weighted by Crippen LogP contribution is 2.39. The molecule has 0 fully saturated rings. The smallest absolute Gasteiger partial charge is 0.255 e. The number of aromatic nitrogens is 4. The molecule has 0 spiro atoms. The van der Waals surface area contributed by atoms with Gasteiger partial charge in [0.2, 0.25) is 11.8 Å². The van der Waals surface area contributed by atoms with Gasteiger partial charge in [-0.15, -0.1) is 11.8 Å². The summed E-state index contributed by atoms with van der Waals surface area (Å²) in [6, 6.07) is -0.391. The number of fused-ring (bicyclic) bond motifs is 1. The van der Waals surface area contributed by atoms with E-state index >= 15 is 0 Å². The van der Waals surface area contributed by atoms with Crippen molar-refractivity contribution in [3.8, 4) is 5.88 Å². The van der Waals surface area contributed by atoms with E-state index in [1.165, 1.54) is 6.20 Å². The van der Waals surface area contributed by atoms with Gasteiger partial charge in [-0.25, -0.2) is 15.0 Å². The fourth-order valence-electron chi connectivity index (χ4n) is 2.98. The number of ether oxygens (including phenoxy) is 1. The second-order valence-corrected chi connectivity index (χ2v) is 6.65. The summed E-state index contributed by atoms with van der Waals surface area (Å²) in [7, 11) is 1.55. The van der Waals surface area contributed by atoms with Crippen LogP contribution in [0.2, 0.25) is 0 Å². The Morgan fingerprint density at radius 2 is 2.20 bits per heavy atom. The number of nitrogens with zero attached hydrogens (tertiary/aromatic N) is 5. The zero-order chi connectivity index (χ0) is 17.4. The van der Waals surface area contributed by atoms with Crippen LogP contribution in [0.1, 0.15) is 27.0 Å². The Morgan fingerprint density at radius 1 is 1.32 bits per heavy atom. The monoisotopic (exact) mass is 357 g/mol. The van der Waals surface area contributed by atoms with Gasteiger partial charge in [0.15, 0.2) is 0 Å². The van der Waals surface area contributed by atoms with E-state index in [0.717, 1.165) is 5.69 Å². The topological polar surface area (TPSA) is 128 Å². The van der Waals surface area contributed by atoms with Crippen LogP contribution < -0.4 is 15.8 Å². The summed E-state index contributed by atoms with van der Waals surface area (Å²) >= 11 is 1.54. The molecule has 2 aromatic rings. The summed E-state index contributed by atoms with van der Waals surface area (Å²) in [6.45, 7) is 0. The minimum absolute atomic E-state index is 0.0614. The molecule has 2 aromatic heterocycles. The van der Waals surface area contributed by atoms with Crippen LogP contribution in [0.5, 0.6) is 5.88 Å². The molecule has 3 N–H and O–H groups in total. The Kier molecular flexibility index (Phi) is 3.96. The molecule has 0 saturated heterocycles. The van der Waals surface area contributed by atoms with Crippen molar-refractivity contribution < 1.29 is 9.53 Å². The van der Waals surface area contributed by atoms with Gasteiger partial charge in [-0.3, -0.25) is 14.8 Å². The standard InChI is InChI=1S/C15H15N7O2S/c1-24-11-5-17-4-10(20-11)13-12(19-6-25-13)9-2-8-7(14(23)21-9)3-18-15(16)22-8/h3-6,9,12-13H,2H2,1H3,(H,21,23)(H2,16,18,22)/t9-,12?,13?/m0/s1. The largest absolute Gasteiger partial charge is 0.480 e. The van der Waals surface area contributed by atoms with Gasteiger partial charge < -0.3 is 15.8 Å². The first-order valence-electron chi connectivity index (χ1n) is 7.61. The van der Waals surface area contributed by atoms with E-state index < -0.39 is 0 Å². The van der Waals surface area contributed by atoms with Crippen molar-refractivity contribution in [1.29, 1.82) is 0 Å². The number of methoxy groups -OCH3 is 1. The molecule has 2 aliphatic heterocycles. The number of carbonyl (C=O) groups is 1. The van der Waals surface area contributed by atoms with Crippen molar-refractivity contribution in [3.05, 3.63) is 35.5 Å². The maximum absolute atomic E-state index is 12.4. The molecule has 0 aromatic carbocycles. The van der Waals surface area contributed by atoms with Crippen LogP contribution in [0.4, 0.5) is 5.95 Å². The molecule has 2 aliphatic rings. The van der Waals surface area contributed by atoms with E-state index in [4.69, 9.17) is 10.5 Å². The van der Waals surface area contributed by atoms with Crippen LogP contribution in [0.15, 0.2) is 23.6 Å².